The molecule has 0 spiro atoms. The molecule has 0 aliphatic carbocycles. The second kappa shape index (κ2) is 7.56. The minimum absolute atomic E-state index is 0.283. The topological polar surface area (TPSA) is 52.7 Å². The summed E-state index contributed by atoms with van der Waals surface area (Å²) in [4.78, 5) is 5.05. The summed E-state index contributed by atoms with van der Waals surface area (Å²) < 4.78 is 27.6. The molecule has 1 heterocycles. The smallest absolute Gasteiger partial charge is 0.261 e. The predicted octanol–water partition coefficient (Wildman–Crippen LogP) is 2.80. The number of likely N-dealkylation sites (N-methyl/N-ethyl adjacent to an activating group) is 1. The molecule has 0 saturated carbocycles. The summed E-state index contributed by atoms with van der Waals surface area (Å²) in [6.45, 7) is 6.38. The van der Waals surface area contributed by atoms with Crippen LogP contribution in [0.3, 0.4) is 0 Å². The highest BCUT2D eigenvalue weighted by Crippen LogP contribution is 2.23. The third-order valence-electron chi connectivity index (χ3n) is 4.78. The Morgan fingerprint density at radius 3 is 2.12 bits per heavy atom. The Labute approximate surface area is 150 Å². The molecule has 3 rings (SSSR count). The highest BCUT2D eigenvalue weighted by atomic mass is 32.2. The van der Waals surface area contributed by atoms with Gasteiger partial charge in [0.25, 0.3) is 10.0 Å². The van der Waals surface area contributed by atoms with Crippen molar-refractivity contribution in [3.63, 3.8) is 0 Å². The Morgan fingerprint density at radius 1 is 0.920 bits per heavy atom. The van der Waals surface area contributed by atoms with E-state index >= 15 is 0 Å². The SMILES string of the molecule is CC(c1ccc(S(=O)(=O)Nc2ccccc2)cc1)N1CCN(C)CC1. The molecule has 1 unspecified atom stereocenters. The zero-order chi connectivity index (χ0) is 17.9. The van der Waals surface area contributed by atoms with Crippen LogP contribution in [0.4, 0.5) is 5.69 Å². The van der Waals surface area contributed by atoms with Gasteiger partial charge in [-0.25, -0.2) is 8.42 Å². The zero-order valence-electron chi connectivity index (χ0n) is 14.7. The fourth-order valence-electron chi connectivity index (χ4n) is 3.07. The summed E-state index contributed by atoms with van der Waals surface area (Å²) in [5.74, 6) is 0. The maximum atomic E-state index is 12.5. The van der Waals surface area contributed by atoms with E-state index < -0.39 is 10.0 Å². The summed E-state index contributed by atoms with van der Waals surface area (Å²) in [5.41, 5.74) is 1.71. The first-order valence-electron chi connectivity index (χ1n) is 8.56. The molecule has 0 bridgehead atoms. The van der Waals surface area contributed by atoms with Crippen molar-refractivity contribution in [3.8, 4) is 0 Å². The van der Waals surface area contributed by atoms with Crippen LogP contribution in [0, 0.1) is 0 Å². The fraction of sp³-hybridized carbons (Fsp3) is 0.368. The average molecular weight is 359 g/mol. The van der Waals surface area contributed by atoms with Gasteiger partial charge in [-0.3, -0.25) is 9.62 Å². The van der Waals surface area contributed by atoms with Crippen molar-refractivity contribution in [2.24, 2.45) is 0 Å². The van der Waals surface area contributed by atoms with Crippen molar-refractivity contribution in [1.29, 1.82) is 0 Å². The quantitative estimate of drug-likeness (QED) is 0.892. The van der Waals surface area contributed by atoms with Crippen molar-refractivity contribution in [3.05, 3.63) is 60.2 Å². The molecule has 6 heteroatoms. The molecule has 5 nitrogen and oxygen atoms in total. The molecule has 2 aromatic carbocycles. The van der Waals surface area contributed by atoms with Gasteiger partial charge in [-0.1, -0.05) is 30.3 Å². The van der Waals surface area contributed by atoms with Crippen LogP contribution in [-0.4, -0.2) is 51.4 Å². The normalized spacial score (nSPS) is 18.0. The zero-order valence-corrected chi connectivity index (χ0v) is 15.5. The minimum atomic E-state index is -3.56. The number of benzene rings is 2. The van der Waals surface area contributed by atoms with Crippen LogP contribution in [0.1, 0.15) is 18.5 Å². The van der Waals surface area contributed by atoms with Gasteiger partial charge in [0.1, 0.15) is 0 Å². The molecule has 2 aromatic rings. The van der Waals surface area contributed by atoms with E-state index in [9.17, 15) is 8.42 Å². The first kappa shape index (κ1) is 17.9. The highest BCUT2D eigenvalue weighted by Gasteiger charge is 2.21. The Bertz CT molecular complexity index is 783. The van der Waals surface area contributed by atoms with E-state index in [2.05, 4.69) is 28.5 Å². The third kappa shape index (κ3) is 4.39. The van der Waals surface area contributed by atoms with E-state index in [1.54, 1.807) is 36.4 Å². The molecular weight excluding hydrogens is 334 g/mol. The highest BCUT2D eigenvalue weighted by molar-refractivity contribution is 7.92. The molecule has 1 atom stereocenters. The largest absolute Gasteiger partial charge is 0.304 e. The molecular formula is C19H25N3O2S. The van der Waals surface area contributed by atoms with Crippen LogP contribution in [0.5, 0.6) is 0 Å². The van der Waals surface area contributed by atoms with Gasteiger partial charge in [0.05, 0.1) is 4.90 Å². The number of anilines is 1. The van der Waals surface area contributed by atoms with E-state index in [4.69, 9.17) is 0 Å². The fourth-order valence-corrected chi connectivity index (χ4v) is 4.12. The van der Waals surface area contributed by atoms with Crippen LogP contribution in [-0.2, 0) is 10.0 Å². The number of rotatable bonds is 5. The Kier molecular flexibility index (Phi) is 5.42. The van der Waals surface area contributed by atoms with E-state index in [0.717, 1.165) is 31.7 Å². The Balaban J connectivity index is 1.71. The molecule has 134 valence electrons. The van der Waals surface area contributed by atoms with E-state index in [1.807, 2.05) is 18.2 Å². The Morgan fingerprint density at radius 2 is 1.52 bits per heavy atom. The van der Waals surface area contributed by atoms with Crippen molar-refractivity contribution in [2.75, 3.05) is 37.9 Å². The monoisotopic (exact) mass is 359 g/mol. The molecule has 1 fully saturated rings. The number of hydrogen-bond acceptors (Lipinski definition) is 4. The lowest BCUT2D eigenvalue weighted by molar-refractivity contribution is 0.119. The number of para-hydroxylation sites is 1. The second-order valence-corrected chi connectivity index (χ2v) is 8.24. The van der Waals surface area contributed by atoms with Crippen LogP contribution >= 0.6 is 0 Å². The van der Waals surface area contributed by atoms with Gasteiger partial charge >= 0.3 is 0 Å². The van der Waals surface area contributed by atoms with Crippen molar-refractivity contribution < 1.29 is 8.42 Å². The van der Waals surface area contributed by atoms with Gasteiger partial charge in [-0.2, -0.15) is 0 Å². The number of hydrogen-bond donors (Lipinski definition) is 1. The van der Waals surface area contributed by atoms with Crippen molar-refractivity contribution >= 4 is 15.7 Å². The van der Waals surface area contributed by atoms with Crippen LogP contribution < -0.4 is 4.72 Å². The lowest BCUT2D eigenvalue weighted by Crippen LogP contribution is -2.45. The standard InChI is InChI=1S/C19H25N3O2S/c1-16(22-14-12-21(2)13-15-22)17-8-10-19(11-9-17)25(23,24)20-18-6-4-3-5-7-18/h3-11,16,20H,12-15H2,1-2H3. The van der Waals surface area contributed by atoms with Gasteiger partial charge in [-0.15, -0.1) is 0 Å². The first-order valence-corrected chi connectivity index (χ1v) is 10.0. The van der Waals surface area contributed by atoms with E-state index in [1.165, 1.54) is 0 Å². The molecule has 1 saturated heterocycles. The minimum Gasteiger partial charge on any atom is -0.304 e. The van der Waals surface area contributed by atoms with Gasteiger partial charge in [-0.05, 0) is 43.8 Å². The predicted molar refractivity (Wildman–Crippen MR) is 101 cm³/mol. The number of nitrogens with zero attached hydrogens (tertiary/aromatic N) is 2. The first-order chi connectivity index (χ1) is 12.0. The summed E-state index contributed by atoms with van der Waals surface area (Å²) >= 11 is 0. The van der Waals surface area contributed by atoms with Gasteiger partial charge in [0.2, 0.25) is 0 Å². The number of piperazine rings is 1. The van der Waals surface area contributed by atoms with Gasteiger partial charge in [0.15, 0.2) is 0 Å². The second-order valence-electron chi connectivity index (χ2n) is 6.56. The summed E-state index contributed by atoms with van der Waals surface area (Å²) in [5, 5.41) is 0. The maximum Gasteiger partial charge on any atom is 0.261 e. The van der Waals surface area contributed by atoms with Crippen LogP contribution in [0.2, 0.25) is 0 Å². The lowest BCUT2D eigenvalue weighted by atomic mass is 10.1. The Hall–Kier alpha value is -1.89. The van der Waals surface area contributed by atoms with Crippen LogP contribution in [0.15, 0.2) is 59.5 Å². The molecule has 1 N–H and O–H groups in total. The van der Waals surface area contributed by atoms with Crippen molar-refractivity contribution in [1.82, 2.24) is 9.80 Å². The lowest BCUT2D eigenvalue weighted by Gasteiger charge is -2.36. The molecule has 25 heavy (non-hydrogen) atoms. The number of nitrogens with one attached hydrogen (secondary N) is 1. The number of sulfonamides is 1. The summed E-state index contributed by atoms with van der Waals surface area (Å²) in [6, 6.07) is 16.4. The van der Waals surface area contributed by atoms with Gasteiger partial charge < -0.3 is 4.90 Å². The summed E-state index contributed by atoms with van der Waals surface area (Å²) in [7, 11) is -1.42. The van der Waals surface area contributed by atoms with E-state index in [0.29, 0.717) is 5.69 Å². The average Bonchev–Trinajstić information content (AvgIpc) is 2.62. The van der Waals surface area contributed by atoms with Crippen LogP contribution in [0.25, 0.3) is 0 Å². The molecule has 0 radical (unpaired) electrons. The molecule has 0 amide bonds. The maximum absolute atomic E-state index is 12.5. The molecule has 1 aliphatic heterocycles. The van der Waals surface area contributed by atoms with Gasteiger partial charge in [0, 0.05) is 37.9 Å². The van der Waals surface area contributed by atoms with Crippen molar-refractivity contribution in [2.45, 2.75) is 17.9 Å². The summed E-state index contributed by atoms with van der Waals surface area (Å²) in [6.07, 6.45) is 0. The molecule has 1 aliphatic rings. The molecule has 0 aromatic heterocycles. The third-order valence-corrected chi connectivity index (χ3v) is 6.18. The van der Waals surface area contributed by atoms with E-state index in [-0.39, 0.29) is 10.9 Å².